The maximum absolute atomic E-state index is 13.2. The van der Waals surface area contributed by atoms with Crippen molar-refractivity contribution in [3.05, 3.63) is 0 Å². The van der Waals surface area contributed by atoms with Crippen LogP contribution in [0.1, 0.15) is 80.6 Å². The largest absolute Gasteiger partial charge is 0.467 e. The van der Waals surface area contributed by atoms with Crippen LogP contribution in [0.15, 0.2) is 0 Å². The van der Waals surface area contributed by atoms with Crippen LogP contribution < -0.4 is 0 Å². The van der Waals surface area contributed by atoms with Crippen LogP contribution in [0.5, 0.6) is 0 Å². The number of fused-ring (bicyclic) bond motifs is 1. The lowest BCUT2D eigenvalue weighted by Crippen LogP contribution is -2.60. The van der Waals surface area contributed by atoms with E-state index in [1.54, 1.807) is 20.8 Å². The predicted molar refractivity (Wildman–Crippen MR) is 120 cm³/mol. The molecular weight excluding hydrogens is 413 g/mol. The van der Waals surface area contributed by atoms with E-state index in [1.807, 2.05) is 27.7 Å². The third-order valence-electron chi connectivity index (χ3n) is 7.94. The number of likely N-dealkylation sites (tertiary alicyclic amines) is 1. The highest BCUT2D eigenvalue weighted by molar-refractivity contribution is 6.45. The maximum atomic E-state index is 13.2. The molecule has 0 bridgehead atoms. The molecule has 2 aliphatic heterocycles. The zero-order valence-corrected chi connectivity index (χ0v) is 20.9. The molecule has 0 radical (unpaired) electrons. The van der Waals surface area contributed by atoms with Crippen molar-refractivity contribution in [1.82, 2.24) is 4.90 Å². The Morgan fingerprint density at radius 3 is 2.25 bits per heavy atom. The highest BCUT2D eigenvalue weighted by Crippen LogP contribution is 2.60. The van der Waals surface area contributed by atoms with Crippen LogP contribution in [-0.4, -0.2) is 71.3 Å². The van der Waals surface area contributed by atoms with E-state index in [4.69, 9.17) is 18.8 Å². The van der Waals surface area contributed by atoms with Crippen molar-refractivity contribution in [3.63, 3.8) is 0 Å². The van der Waals surface area contributed by atoms with Gasteiger partial charge in [-0.2, -0.15) is 0 Å². The van der Waals surface area contributed by atoms with Gasteiger partial charge in [0.2, 0.25) is 0 Å². The Morgan fingerprint density at radius 1 is 1.12 bits per heavy atom. The van der Waals surface area contributed by atoms with Crippen LogP contribution in [0.4, 0.5) is 4.79 Å². The van der Waals surface area contributed by atoms with Gasteiger partial charge in [0.25, 0.3) is 0 Å². The standard InChI is InChI=1S/C23H40BNO7/c1-19(2,3)30-18(28)25-15-16(26)22(11-9-13-23(22,25)17(27)29-8)12-10-14-24-31-20(4,5)21(6,7)32-24/h16,26H,9-15H2,1-8H3/t16?,22-,23-/m1/s1. The summed E-state index contributed by atoms with van der Waals surface area (Å²) >= 11 is 0. The lowest BCUT2D eigenvalue weighted by atomic mass is 9.66. The number of rotatable bonds is 5. The summed E-state index contributed by atoms with van der Waals surface area (Å²) in [5.41, 5.74) is -3.51. The normalized spacial score (nSPS) is 33.3. The number of β-amino-alcohol motifs (C(OH)–C–C–N with tert-alkyl or cyclic N) is 1. The molecule has 182 valence electrons. The summed E-state index contributed by atoms with van der Waals surface area (Å²) in [6, 6.07) is 0. The van der Waals surface area contributed by atoms with E-state index in [1.165, 1.54) is 12.0 Å². The van der Waals surface area contributed by atoms with Gasteiger partial charge in [-0.15, -0.1) is 0 Å². The quantitative estimate of drug-likeness (QED) is 0.503. The molecule has 0 spiro atoms. The number of amides is 1. The first kappa shape index (κ1) is 25.3. The molecule has 1 N–H and O–H groups in total. The van der Waals surface area contributed by atoms with E-state index in [0.29, 0.717) is 32.0 Å². The minimum atomic E-state index is -1.22. The molecule has 32 heavy (non-hydrogen) atoms. The molecule has 1 saturated carbocycles. The molecule has 1 unspecified atom stereocenters. The van der Waals surface area contributed by atoms with Gasteiger partial charge in [-0.25, -0.2) is 9.59 Å². The fourth-order valence-electron chi connectivity index (χ4n) is 5.76. The first-order chi connectivity index (χ1) is 14.6. The number of hydrogen-bond acceptors (Lipinski definition) is 7. The summed E-state index contributed by atoms with van der Waals surface area (Å²) in [4.78, 5) is 27.7. The number of methoxy groups -OCH3 is 1. The highest BCUT2D eigenvalue weighted by Gasteiger charge is 2.72. The monoisotopic (exact) mass is 453 g/mol. The summed E-state index contributed by atoms with van der Waals surface area (Å²) < 4.78 is 23.0. The van der Waals surface area contributed by atoms with Gasteiger partial charge in [0.1, 0.15) is 5.60 Å². The number of aliphatic hydroxyl groups excluding tert-OH is 1. The third-order valence-corrected chi connectivity index (χ3v) is 7.94. The molecule has 8 nitrogen and oxygen atoms in total. The Labute approximate surface area is 192 Å². The van der Waals surface area contributed by atoms with E-state index >= 15 is 0 Å². The van der Waals surface area contributed by atoms with Crippen molar-refractivity contribution in [2.24, 2.45) is 5.41 Å². The van der Waals surface area contributed by atoms with Crippen molar-refractivity contribution in [3.8, 4) is 0 Å². The molecule has 3 atom stereocenters. The Balaban J connectivity index is 1.82. The van der Waals surface area contributed by atoms with E-state index in [2.05, 4.69) is 0 Å². The molecule has 0 aromatic heterocycles. The number of carbonyl (C=O) groups is 2. The van der Waals surface area contributed by atoms with Crippen molar-refractivity contribution in [2.75, 3.05) is 13.7 Å². The van der Waals surface area contributed by atoms with Gasteiger partial charge in [-0.3, -0.25) is 4.90 Å². The summed E-state index contributed by atoms with van der Waals surface area (Å²) in [5.74, 6) is -0.479. The van der Waals surface area contributed by atoms with E-state index < -0.39 is 45.9 Å². The number of carbonyl (C=O) groups excluding carboxylic acids is 2. The number of nitrogens with zero attached hydrogens (tertiary/aromatic N) is 1. The minimum Gasteiger partial charge on any atom is -0.467 e. The van der Waals surface area contributed by atoms with Crippen LogP contribution >= 0.6 is 0 Å². The fraction of sp³-hybridized carbons (Fsp3) is 0.913. The first-order valence-corrected chi connectivity index (χ1v) is 11.7. The average molecular weight is 453 g/mol. The molecule has 2 saturated heterocycles. The molecule has 2 heterocycles. The number of hydrogen-bond donors (Lipinski definition) is 1. The highest BCUT2D eigenvalue weighted by atomic mass is 16.7. The second-order valence-electron chi connectivity index (χ2n) is 11.5. The molecule has 1 amide bonds. The van der Waals surface area contributed by atoms with E-state index in [0.717, 1.165) is 6.42 Å². The second-order valence-corrected chi connectivity index (χ2v) is 11.5. The molecule has 0 aromatic carbocycles. The summed E-state index contributed by atoms with van der Waals surface area (Å²) in [7, 11) is 0.994. The Bertz CT molecular complexity index is 733. The molecule has 3 aliphatic rings. The van der Waals surface area contributed by atoms with Gasteiger partial charge in [0.05, 0.1) is 31.0 Å². The van der Waals surface area contributed by atoms with E-state index in [9.17, 15) is 14.7 Å². The van der Waals surface area contributed by atoms with Crippen LogP contribution in [0.25, 0.3) is 0 Å². The van der Waals surface area contributed by atoms with Crippen LogP contribution in [0.3, 0.4) is 0 Å². The Kier molecular flexibility index (Phi) is 6.46. The Morgan fingerprint density at radius 2 is 1.72 bits per heavy atom. The third kappa shape index (κ3) is 3.94. The number of esters is 1. The van der Waals surface area contributed by atoms with Gasteiger partial charge in [0.15, 0.2) is 5.54 Å². The van der Waals surface area contributed by atoms with Gasteiger partial charge < -0.3 is 23.9 Å². The molecule has 9 heteroatoms. The predicted octanol–water partition coefficient (Wildman–Crippen LogP) is 3.55. The van der Waals surface area contributed by atoms with Gasteiger partial charge in [-0.05, 0) is 80.5 Å². The van der Waals surface area contributed by atoms with Crippen molar-refractivity contribution < 1.29 is 33.5 Å². The second kappa shape index (κ2) is 8.17. The number of ether oxygens (including phenoxy) is 2. The van der Waals surface area contributed by atoms with Crippen LogP contribution in [-0.2, 0) is 23.6 Å². The lowest BCUT2D eigenvalue weighted by molar-refractivity contribution is -0.160. The van der Waals surface area contributed by atoms with Gasteiger partial charge >= 0.3 is 19.2 Å². The van der Waals surface area contributed by atoms with Crippen LogP contribution in [0.2, 0.25) is 6.32 Å². The molecule has 3 rings (SSSR count). The average Bonchev–Trinajstić information content (AvgIpc) is 3.20. The molecular formula is C23H40BNO7. The number of aliphatic hydroxyl groups is 1. The fourth-order valence-corrected chi connectivity index (χ4v) is 5.76. The zero-order chi connectivity index (χ0) is 24.2. The Hall–Kier alpha value is -1.32. The summed E-state index contributed by atoms with van der Waals surface area (Å²) in [5, 5.41) is 11.2. The molecule has 1 aliphatic carbocycles. The smallest absolute Gasteiger partial charge is 0.457 e. The van der Waals surface area contributed by atoms with E-state index in [-0.39, 0.29) is 13.7 Å². The zero-order valence-electron chi connectivity index (χ0n) is 20.9. The van der Waals surface area contributed by atoms with Crippen molar-refractivity contribution in [2.45, 2.75) is 115 Å². The molecule has 3 fully saturated rings. The minimum absolute atomic E-state index is 0.0561. The first-order valence-electron chi connectivity index (χ1n) is 11.7. The topological polar surface area (TPSA) is 94.5 Å². The maximum Gasteiger partial charge on any atom is 0.457 e. The summed E-state index contributed by atoms with van der Waals surface area (Å²) in [6.07, 6.45) is 2.29. The van der Waals surface area contributed by atoms with Gasteiger partial charge in [0, 0.05) is 5.41 Å². The summed E-state index contributed by atoms with van der Waals surface area (Å²) in [6.45, 7) is 13.5. The SMILES string of the molecule is COC(=O)[C@]12CCC[C@@]1(CCCB1OC(C)(C)C(C)(C)O1)C(O)CN2C(=O)OC(C)(C)C. The van der Waals surface area contributed by atoms with Crippen LogP contribution in [0, 0.1) is 5.41 Å². The lowest BCUT2D eigenvalue weighted by Gasteiger charge is -2.43. The van der Waals surface area contributed by atoms with Crippen molar-refractivity contribution in [1.29, 1.82) is 0 Å². The van der Waals surface area contributed by atoms with Gasteiger partial charge in [-0.1, -0.05) is 6.42 Å². The van der Waals surface area contributed by atoms with Crippen molar-refractivity contribution >= 4 is 19.2 Å². The molecule has 0 aromatic rings.